The van der Waals surface area contributed by atoms with Gasteiger partial charge in [0, 0.05) is 48.5 Å². The Labute approximate surface area is 183 Å². The Balaban J connectivity index is 1.98. The molecule has 2 heterocycles. The topological polar surface area (TPSA) is 57.1 Å². The quantitative estimate of drug-likeness (QED) is 0.462. The van der Waals surface area contributed by atoms with Gasteiger partial charge in [-0.3, -0.25) is 0 Å². The highest BCUT2D eigenvalue weighted by atomic mass is 19.4. The second-order valence-corrected chi connectivity index (χ2v) is 8.25. The van der Waals surface area contributed by atoms with Crippen molar-refractivity contribution in [3.05, 3.63) is 72.2 Å². The Bertz CT molecular complexity index is 1050. The van der Waals surface area contributed by atoms with Gasteiger partial charge in [0.15, 0.2) is 6.61 Å². The number of hydrogen-bond donors (Lipinski definition) is 0. The molecule has 1 aromatic carbocycles. The molecule has 0 radical (unpaired) electrons. The van der Waals surface area contributed by atoms with Crippen LogP contribution in [0.15, 0.2) is 55.2 Å². The van der Waals surface area contributed by atoms with E-state index in [1.54, 1.807) is 24.5 Å². The Kier molecular flexibility index (Phi) is 6.50. The van der Waals surface area contributed by atoms with Gasteiger partial charge >= 0.3 is 6.18 Å². The van der Waals surface area contributed by atoms with Gasteiger partial charge in [0.25, 0.3) is 0 Å². The van der Waals surface area contributed by atoms with E-state index in [1.165, 1.54) is 37.8 Å². The molecule has 0 aliphatic heterocycles. The first-order valence-electron chi connectivity index (χ1n) is 9.74. The Morgan fingerprint density at radius 2 is 1.56 bits per heavy atom. The van der Waals surface area contributed by atoms with Crippen molar-refractivity contribution in [2.75, 3.05) is 13.7 Å². The molecule has 3 rings (SSSR count). The van der Waals surface area contributed by atoms with E-state index in [1.807, 2.05) is 20.8 Å². The molecule has 170 valence electrons. The first-order chi connectivity index (χ1) is 15.0. The van der Waals surface area contributed by atoms with E-state index in [9.17, 15) is 13.2 Å². The largest absolute Gasteiger partial charge is 0.468 e. The molecular weight excluding hydrogens is 426 g/mol. The molecule has 0 aliphatic rings. The molecule has 9 heteroatoms. The number of methoxy groups -OCH3 is 1. The van der Waals surface area contributed by atoms with Crippen molar-refractivity contribution in [1.82, 2.24) is 15.0 Å². The van der Waals surface area contributed by atoms with E-state index < -0.39 is 29.6 Å². The third-order valence-corrected chi connectivity index (χ3v) is 5.13. The maximum atomic E-state index is 15.5. The molecule has 0 saturated heterocycles. The zero-order valence-electron chi connectivity index (χ0n) is 18.1. The molecule has 0 N–H and O–H groups in total. The van der Waals surface area contributed by atoms with Gasteiger partial charge in [0.05, 0.1) is 0 Å². The van der Waals surface area contributed by atoms with Crippen LogP contribution in [0.4, 0.5) is 17.6 Å². The summed E-state index contributed by atoms with van der Waals surface area (Å²) in [6, 6.07) is 7.50. The lowest BCUT2D eigenvalue weighted by Crippen LogP contribution is -2.44. The minimum absolute atomic E-state index is 0.168. The molecule has 0 spiro atoms. The number of pyridine rings is 1. The van der Waals surface area contributed by atoms with Gasteiger partial charge in [-0.05, 0) is 23.1 Å². The smallest absolute Gasteiger partial charge is 0.422 e. The van der Waals surface area contributed by atoms with Crippen molar-refractivity contribution in [2.24, 2.45) is 5.41 Å². The van der Waals surface area contributed by atoms with Crippen molar-refractivity contribution < 1.29 is 27.0 Å². The summed E-state index contributed by atoms with van der Waals surface area (Å²) in [7, 11) is 1.51. The second kappa shape index (κ2) is 8.82. The highest BCUT2D eigenvalue weighted by Crippen LogP contribution is 2.48. The number of hydrogen-bond acceptors (Lipinski definition) is 5. The van der Waals surface area contributed by atoms with Crippen molar-refractivity contribution in [3.8, 4) is 17.0 Å². The first-order valence-corrected chi connectivity index (χ1v) is 9.74. The van der Waals surface area contributed by atoms with Crippen molar-refractivity contribution in [1.29, 1.82) is 0 Å². The summed E-state index contributed by atoms with van der Waals surface area (Å²) in [6.45, 7) is 4.36. The van der Waals surface area contributed by atoms with E-state index in [2.05, 4.69) is 19.7 Å². The van der Waals surface area contributed by atoms with Crippen LogP contribution in [-0.4, -0.2) is 34.8 Å². The average molecular weight is 449 g/mol. The monoisotopic (exact) mass is 449 g/mol. The lowest BCUT2D eigenvalue weighted by molar-refractivity contribution is -0.154. The molecule has 5 nitrogen and oxygen atoms in total. The molecule has 0 bridgehead atoms. The van der Waals surface area contributed by atoms with Gasteiger partial charge in [0.1, 0.15) is 17.7 Å². The molecule has 32 heavy (non-hydrogen) atoms. The van der Waals surface area contributed by atoms with Gasteiger partial charge in [-0.15, -0.1) is 0 Å². The summed E-state index contributed by atoms with van der Waals surface area (Å²) >= 11 is 0. The summed E-state index contributed by atoms with van der Waals surface area (Å²) in [5.74, 6) is -0.682. The molecular formula is C23H23F4N3O2. The average Bonchev–Trinajstić information content (AvgIpc) is 2.74. The predicted molar refractivity (Wildman–Crippen MR) is 110 cm³/mol. The van der Waals surface area contributed by atoms with Crippen molar-refractivity contribution in [2.45, 2.75) is 32.5 Å². The number of aromatic nitrogens is 3. The van der Waals surface area contributed by atoms with E-state index in [0.29, 0.717) is 22.3 Å². The summed E-state index contributed by atoms with van der Waals surface area (Å²) in [5, 5.41) is 0. The van der Waals surface area contributed by atoms with Crippen LogP contribution in [0.5, 0.6) is 5.88 Å². The number of ether oxygens (including phenoxy) is 2. The second-order valence-electron chi connectivity index (χ2n) is 8.25. The van der Waals surface area contributed by atoms with Crippen LogP contribution in [0.3, 0.4) is 0 Å². The van der Waals surface area contributed by atoms with Crippen molar-refractivity contribution in [3.63, 3.8) is 0 Å². The maximum absolute atomic E-state index is 15.5. The maximum Gasteiger partial charge on any atom is 0.422 e. The normalized spacial score (nSPS) is 14.1. The van der Waals surface area contributed by atoms with Crippen LogP contribution in [0, 0.1) is 11.2 Å². The standard InChI is InChI=1S/C23H23F4N3O2/c1-21(2,3)23(31-4,17-11-28-14-29-12-17)18-7-5-15(9-19(18)24)16-6-8-20(30-10-16)32-13-22(25,26)27/h5-12,14H,13H2,1-4H3. The fourth-order valence-corrected chi connectivity index (χ4v) is 3.78. The molecule has 3 aromatic rings. The summed E-state index contributed by atoms with van der Waals surface area (Å²) in [5.41, 5.74) is 0.220. The fraction of sp³-hybridized carbons (Fsp3) is 0.348. The predicted octanol–water partition coefficient (Wildman–Crippen LogP) is 5.55. The molecule has 2 aromatic heterocycles. The third-order valence-electron chi connectivity index (χ3n) is 5.13. The molecule has 0 aliphatic carbocycles. The number of alkyl halides is 3. The van der Waals surface area contributed by atoms with Gasteiger partial charge in [-0.2, -0.15) is 13.2 Å². The van der Waals surface area contributed by atoms with Gasteiger partial charge in [-0.1, -0.05) is 32.9 Å². The summed E-state index contributed by atoms with van der Waals surface area (Å²) < 4.78 is 62.9. The van der Waals surface area contributed by atoms with Crippen molar-refractivity contribution >= 4 is 0 Å². The van der Waals surface area contributed by atoms with E-state index in [-0.39, 0.29) is 5.88 Å². The Morgan fingerprint density at radius 1 is 0.906 bits per heavy atom. The van der Waals surface area contributed by atoms with Crippen LogP contribution < -0.4 is 4.74 Å². The highest BCUT2D eigenvalue weighted by Gasteiger charge is 2.47. The van der Waals surface area contributed by atoms with Crippen LogP contribution in [-0.2, 0) is 10.3 Å². The van der Waals surface area contributed by atoms with Crippen LogP contribution in [0.1, 0.15) is 31.9 Å². The number of halogens is 4. The van der Waals surface area contributed by atoms with E-state index in [0.717, 1.165) is 0 Å². The fourth-order valence-electron chi connectivity index (χ4n) is 3.78. The first kappa shape index (κ1) is 23.6. The molecule has 0 amide bonds. The SMILES string of the molecule is COC(c1cncnc1)(c1ccc(-c2ccc(OCC(F)(F)F)nc2)cc1F)C(C)(C)C. The lowest BCUT2D eigenvalue weighted by atomic mass is 9.68. The van der Waals surface area contributed by atoms with Gasteiger partial charge in [-0.25, -0.2) is 19.3 Å². The zero-order chi connectivity index (χ0) is 23.6. The Hall–Kier alpha value is -3.07. The van der Waals surface area contributed by atoms with E-state index >= 15 is 4.39 Å². The highest BCUT2D eigenvalue weighted by molar-refractivity contribution is 5.64. The zero-order valence-corrected chi connectivity index (χ0v) is 18.1. The summed E-state index contributed by atoms with van der Waals surface area (Å²) in [6.07, 6.45) is 1.46. The van der Waals surface area contributed by atoms with Crippen LogP contribution in [0.25, 0.3) is 11.1 Å². The van der Waals surface area contributed by atoms with Gasteiger partial charge < -0.3 is 9.47 Å². The molecule has 0 fully saturated rings. The van der Waals surface area contributed by atoms with Crippen LogP contribution >= 0.6 is 0 Å². The summed E-state index contributed by atoms with van der Waals surface area (Å²) in [4.78, 5) is 12.0. The third kappa shape index (κ3) is 4.72. The van der Waals surface area contributed by atoms with E-state index in [4.69, 9.17) is 4.74 Å². The number of rotatable bonds is 6. The van der Waals surface area contributed by atoms with Crippen LogP contribution in [0.2, 0.25) is 0 Å². The molecule has 1 unspecified atom stereocenters. The molecule has 1 atom stereocenters. The Morgan fingerprint density at radius 3 is 2.06 bits per heavy atom. The minimum atomic E-state index is -4.45. The molecule has 0 saturated carbocycles. The number of nitrogens with zero attached hydrogens (tertiary/aromatic N) is 3. The number of benzene rings is 1. The lowest BCUT2D eigenvalue weighted by Gasteiger charge is -2.44. The minimum Gasteiger partial charge on any atom is -0.468 e. The van der Waals surface area contributed by atoms with Gasteiger partial charge in [0.2, 0.25) is 5.88 Å².